The molecule has 19 heavy (non-hydrogen) atoms. The van der Waals surface area contributed by atoms with E-state index in [1.54, 1.807) is 26.0 Å². The Balaban J connectivity index is 2.24. The van der Waals surface area contributed by atoms with E-state index in [4.69, 9.17) is 0 Å². The molecule has 0 atom stereocenters. The summed E-state index contributed by atoms with van der Waals surface area (Å²) in [4.78, 5) is 22.0. The summed E-state index contributed by atoms with van der Waals surface area (Å²) in [5, 5.41) is 0. The van der Waals surface area contributed by atoms with Gasteiger partial charge in [-0.15, -0.1) is 0 Å². The highest BCUT2D eigenvalue weighted by Crippen LogP contribution is 2.01. The summed E-state index contributed by atoms with van der Waals surface area (Å²) >= 11 is 0. The Labute approximate surface area is 111 Å². The number of rotatable bonds is 4. The van der Waals surface area contributed by atoms with Gasteiger partial charge in [-0.3, -0.25) is 0 Å². The molecule has 1 aromatic rings. The lowest BCUT2D eigenvalue weighted by molar-refractivity contribution is 0.0273. The van der Waals surface area contributed by atoms with Gasteiger partial charge in [-0.25, -0.2) is 9.59 Å². The third-order valence-electron chi connectivity index (χ3n) is 1.91. The quantitative estimate of drug-likeness (QED) is 0.616. The molecule has 5 nitrogen and oxygen atoms in total. The first-order chi connectivity index (χ1) is 9.08. The Morgan fingerprint density at radius 2 is 1.84 bits per heavy atom. The van der Waals surface area contributed by atoms with E-state index >= 15 is 0 Å². The lowest BCUT2D eigenvalue weighted by Crippen LogP contribution is -2.18. The monoisotopic (exact) mass is 264 g/mol. The molecule has 0 saturated carbocycles. The van der Waals surface area contributed by atoms with E-state index in [1.807, 2.05) is 30.3 Å². The molecule has 0 amide bonds. The van der Waals surface area contributed by atoms with Crippen LogP contribution in [0, 0.1) is 0 Å². The largest absolute Gasteiger partial charge is 0.518 e. The van der Waals surface area contributed by atoms with Crippen molar-refractivity contribution in [3.8, 4) is 0 Å². The molecular formula is C14H16O5. The van der Waals surface area contributed by atoms with Gasteiger partial charge in [0.25, 0.3) is 0 Å². The molecule has 0 unspecified atom stereocenters. The van der Waals surface area contributed by atoms with Crippen LogP contribution in [0.25, 0.3) is 6.08 Å². The van der Waals surface area contributed by atoms with E-state index in [9.17, 15) is 9.59 Å². The van der Waals surface area contributed by atoms with Crippen molar-refractivity contribution in [1.82, 2.24) is 0 Å². The number of carbonyl (C=O) groups is 2. The van der Waals surface area contributed by atoms with Crippen LogP contribution in [-0.4, -0.2) is 25.0 Å². The zero-order valence-electron chi connectivity index (χ0n) is 10.9. The van der Waals surface area contributed by atoms with E-state index in [0.29, 0.717) is 0 Å². The van der Waals surface area contributed by atoms with Gasteiger partial charge in [0.05, 0.1) is 6.10 Å². The van der Waals surface area contributed by atoms with Crippen LogP contribution in [0.3, 0.4) is 0 Å². The van der Waals surface area contributed by atoms with E-state index in [-0.39, 0.29) is 12.7 Å². The van der Waals surface area contributed by atoms with Crippen LogP contribution >= 0.6 is 0 Å². The third-order valence-corrected chi connectivity index (χ3v) is 1.91. The summed E-state index contributed by atoms with van der Waals surface area (Å²) in [5.74, 6) is 0. The Bertz CT molecular complexity index is 436. The Kier molecular flexibility index (Phi) is 6.15. The molecule has 5 heteroatoms. The first-order valence-corrected chi connectivity index (χ1v) is 5.84. The van der Waals surface area contributed by atoms with Crippen LogP contribution in [0.1, 0.15) is 19.4 Å². The molecule has 0 fully saturated rings. The van der Waals surface area contributed by atoms with Crippen molar-refractivity contribution < 1.29 is 23.8 Å². The van der Waals surface area contributed by atoms with Crippen LogP contribution in [0.15, 0.2) is 36.4 Å². The van der Waals surface area contributed by atoms with Gasteiger partial charge in [-0.1, -0.05) is 36.4 Å². The van der Waals surface area contributed by atoms with Gasteiger partial charge in [0, 0.05) is 0 Å². The van der Waals surface area contributed by atoms with Crippen molar-refractivity contribution in [2.45, 2.75) is 20.0 Å². The van der Waals surface area contributed by atoms with Gasteiger partial charge in [-0.2, -0.15) is 0 Å². The van der Waals surface area contributed by atoms with Gasteiger partial charge in [-0.05, 0) is 25.5 Å². The van der Waals surface area contributed by atoms with Gasteiger partial charge in [0.15, 0.2) is 0 Å². The SMILES string of the molecule is CC(C)OC(=O)OC(=O)OCC=Cc1ccccc1. The maximum atomic E-state index is 11.1. The molecule has 0 spiro atoms. The molecule has 0 aliphatic heterocycles. The average Bonchev–Trinajstić information content (AvgIpc) is 2.35. The molecule has 0 aliphatic rings. The van der Waals surface area contributed by atoms with E-state index in [2.05, 4.69) is 14.2 Å². The minimum absolute atomic E-state index is 0.0166. The molecule has 1 aromatic carbocycles. The van der Waals surface area contributed by atoms with Crippen molar-refractivity contribution in [1.29, 1.82) is 0 Å². The summed E-state index contributed by atoms with van der Waals surface area (Å²) in [6, 6.07) is 9.53. The smallest absolute Gasteiger partial charge is 0.431 e. The van der Waals surface area contributed by atoms with Crippen molar-refractivity contribution in [3.63, 3.8) is 0 Å². The van der Waals surface area contributed by atoms with Gasteiger partial charge < -0.3 is 14.2 Å². The van der Waals surface area contributed by atoms with Crippen LogP contribution in [0.4, 0.5) is 9.59 Å². The molecule has 0 aliphatic carbocycles. The fourth-order valence-electron chi connectivity index (χ4n) is 1.18. The van der Waals surface area contributed by atoms with Crippen LogP contribution in [-0.2, 0) is 14.2 Å². The number of carbonyl (C=O) groups excluding carboxylic acids is 2. The molecule has 0 saturated heterocycles. The molecule has 1 rings (SSSR count). The molecule has 0 N–H and O–H groups in total. The third kappa shape index (κ3) is 6.88. The van der Waals surface area contributed by atoms with E-state index in [0.717, 1.165) is 5.56 Å². The Morgan fingerprint density at radius 1 is 1.16 bits per heavy atom. The number of hydrogen-bond acceptors (Lipinski definition) is 5. The minimum Gasteiger partial charge on any atom is -0.431 e. The second kappa shape index (κ2) is 7.92. The summed E-state index contributed by atoms with van der Waals surface area (Å²) in [6.45, 7) is 3.31. The highest BCUT2D eigenvalue weighted by atomic mass is 16.8. The number of ether oxygens (including phenoxy) is 3. The van der Waals surface area contributed by atoms with Gasteiger partial charge >= 0.3 is 12.3 Å². The Morgan fingerprint density at radius 3 is 2.47 bits per heavy atom. The first kappa shape index (κ1) is 14.8. The molecule has 0 bridgehead atoms. The normalized spacial score (nSPS) is 10.5. The lowest BCUT2D eigenvalue weighted by Gasteiger charge is -2.06. The van der Waals surface area contributed by atoms with Crippen LogP contribution < -0.4 is 0 Å². The molecular weight excluding hydrogens is 248 g/mol. The van der Waals surface area contributed by atoms with Crippen LogP contribution in [0.2, 0.25) is 0 Å². The molecule has 0 aromatic heterocycles. The fourth-order valence-corrected chi connectivity index (χ4v) is 1.18. The highest BCUT2D eigenvalue weighted by molar-refractivity contribution is 5.77. The lowest BCUT2D eigenvalue weighted by atomic mass is 10.2. The molecule has 0 radical (unpaired) electrons. The summed E-state index contributed by atoms with van der Waals surface area (Å²) in [6.07, 6.45) is 0.943. The highest BCUT2D eigenvalue weighted by Gasteiger charge is 2.13. The topological polar surface area (TPSA) is 61.8 Å². The second-order valence-corrected chi connectivity index (χ2v) is 3.89. The van der Waals surface area contributed by atoms with Crippen molar-refractivity contribution in [2.24, 2.45) is 0 Å². The maximum absolute atomic E-state index is 11.1. The van der Waals surface area contributed by atoms with Gasteiger partial charge in [0.2, 0.25) is 0 Å². The standard InChI is InChI=1S/C14H16O5/c1-11(2)18-14(16)19-13(15)17-10-6-9-12-7-4-3-5-8-12/h3-9,11H,10H2,1-2H3. The number of benzene rings is 1. The zero-order chi connectivity index (χ0) is 14.1. The molecule has 102 valence electrons. The van der Waals surface area contributed by atoms with E-state index < -0.39 is 12.3 Å². The maximum Gasteiger partial charge on any atom is 0.518 e. The fraction of sp³-hybridized carbons (Fsp3) is 0.286. The van der Waals surface area contributed by atoms with Crippen molar-refractivity contribution >= 4 is 18.4 Å². The first-order valence-electron chi connectivity index (χ1n) is 5.84. The Hall–Kier alpha value is -2.30. The van der Waals surface area contributed by atoms with Crippen molar-refractivity contribution in [2.75, 3.05) is 6.61 Å². The number of hydrogen-bond donors (Lipinski definition) is 0. The summed E-state index contributed by atoms with van der Waals surface area (Å²) in [5.41, 5.74) is 0.985. The van der Waals surface area contributed by atoms with Crippen molar-refractivity contribution in [3.05, 3.63) is 42.0 Å². The summed E-state index contributed by atoms with van der Waals surface area (Å²) < 4.78 is 13.5. The second-order valence-electron chi connectivity index (χ2n) is 3.89. The minimum atomic E-state index is -1.08. The molecule has 0 heterocycles. The van der Waals surface area contributed by atoms with E-state index in [1.165, 1.54) is 0 Å². The predicted octanol–water partition coefficient (Wildman–Crippen LogP) is 3.40. The average molecular weight is 264 g/mol. The zero-order valence-corrected chi connectivity index (χ0v) is 10.9. The van der Waals surface area contributed by atoms with Gasteiger partial charge in [0.1, 0.15) is 6.61 Å². The van der Waals surface area contributed by atoms with Crippen LogP contribution in [0.5, 0.6) is 0 Å². The predicted molar refractivity (Wildman–Crippen MR) is 69.5 cm³/mol. The summed E-state index contributed by atoms with van der Waals surface area (Å²) in [7, 11) is 0.